The number of methoxy groups -OCH3 is 1. The van der Waals surface area contributed by atoms with Crippen molar-refractivity contribution in [1.29, 1.82) is 0 Å². The molecule has 1 atom stereocenters. The molecule has 2 N–H and O–H groups in total. The number of carbonyl (C=O) groups is 1. The van der Waals surface area contributed by atoms with E-state index >= 15 is 0 Å². The molecule has 1 aromatic carbocycles. The van der Waals surface area contributed by atoms with E-state index in [4.69, 9.17) is 32.2 Å². The number of benzene rings is 1. The normalized spacial score (nSPS) is 11.6. The van der Waals surface area contributed by atoms with Crippen molar-refractivity contribution in [2.45, 2.75) is 32.8 Å². The van der Waals surface area contributed by atoms with Gasteiger partial charge in [0.25, 0.3) is 0 Å². The average molecular weight is 311 g/mol. The smallest absolute Gasteiger partial charge is 0.347 e. The number of rotatable bonds is 8. The lowest BCUT2D eigenvalue weighted by Gasteiger charge is -2.19. The van der Waals surface area contributed by atoms with Gasteiger partial charge in [0.1, 0.15) is 4.99 Å². The van der Waals surface area contributed by atoms with Crippen LogP contribution in [0.3, 0.4) is 0 Å². The molecule has 1 rings (SSSR count). The molecule has 116 valence electrons. The van der Waals surface area contributed by atoms with Crippen LogP contribution in [-0.2, 0) is 9.53 Å². The Kier molecular flexibility index (Phi) is 6.94. The number of hydrogen-bond donors (Lipinski definition) is 1. The Bertz CT molecular complexity index is 504. The predicted molar refractivity (Wildman–Crippen MR) is 84.8 cm³/mol. The van der Waals surface area contributed by atoms with E-state index in [1.54, 1.807) is 25.1 Å². The monoisotopic (exact) mass is 311 g/mol. The third-order valence-electron chi connectivity index (χ3n) is 2.82. The van der Waals surface area contributed by atoms with Gasteiger partial charge >= 0.3 is 5.97 Å². The van der Waals surface area contributed by atoms with Crippen LogP contribution in [0.15, 0.2) is 18.2 Å². The van der Waals surface area contributed by atoms with Gasteiger partial charge in [0.15, 0.2) is 17.6 Å². The summed E-state index contributed by atoms with van der Waals surface area (Å²) < 4.78 is 16.0. The van der Waals surface area contributed by atoms with Crippen molar-refractivity contribution in [1.82, 2.24) is 0 Å². The van der Waals surface area contributed by atoms with Crippen molar-refractivity contribution in [3.05, 3.63) is 23.8 Å². The molecule has 0 radical (unpaired) electrons. The topological polar surface area (TPSA) is 70.8 Å². The Morgan fingerprint density at radius 3 is 2.57 bits per heavy atom. The van der Waals surface area contributed by atoms with Crippen molar-refractivity contribution >= 4 is 23.2 Å². The fraction of sp³-hybridized carbons (Fsp3) is 0.467. The molecular formula is C15H21NO4S. The molecule has 5 nitrogen and oxygen atoms in total. The summed E-state index contributed by atoms with van der Waals surface area (Å²) in [6.07, 6.45) is 0.718. The Hall–Kier alpha value is -1.82. The molecule has 0 saturated carbocycles. The van der Waals surface area contributed by atoms with Crippen molar-refractivity contribution in [2.24, 2.45) is 5.73 Å². The van der Waals surface area contributed by atoms with Crippen molar-refractivity contribution < 1.29 is 19.0 Å². The maximum Gasteiger partial charge on any atom is 0.347 e. The highest BCUT2D eigenvalue weighted by molar-refractivity contribution is 7.80. The predicted octanol–water partition coefficient (Wildman–Crippen LogP) is 2.44. The van der Waals surface area contributed by atoms with Crippen LogP contribution < -0.4 is 15.2 Å². The molecule has 0 fully saturated rings. The van der Waals surface area contributed by atoms with Gasteiger partial charge in [-0.1, -0.05) is 25.6 Å². The highest BCUT2D eigenvalue weighted by Crippen LogP contribution is 2.29. The van der Waals surface area contributed by atoms with Crippen LogP contribution in [0.5, 0.6) is 11.5 Å². The van der Waals surface area contributed by atoms with Gasteiger partial charge in [-0.05, 0) is 31.5 Å². The lowest BCUT2D eigenvalue weighted by Crippen LogP contribution is -2.29. The Balaban J connectivity index is 2.97. The Labute approximate surface area is 130 Å². The van der Waals surface area contributed by atoms with Gasteiger partial charge in [-0.15, -0.1) is 0 Å². The van der Waals surface area contributed by atoms with Gasteiger partial charge in [-0.25, -0.2) is 4.79 Å². The lowest BCUT2D eigenvalue weighted by molar-refractivity contribution is -0.151. The van der Waals surface area contributed by atoms with Crippen LogP contribution in [0, 0.1) is 0 Å². The van der Waals surface area contributed by atoms with E-state index < -0.39 is 6.10 Å². The highest BCUT2D eigenvalue weighted by Gasteiger charge is 2.22. The fourth-order valence-corrected chi connectivity index (χ4v) is 1.92. The summed E-state index contributed by atoms with van der Waals surface area (Å²) >= 11 is 4.93. The van der Waals surface area contributed by atoms with Crippen LogP contribution in [0.25, 0.3) is 0 Å². The average Bonchev–Trinajstić information content (AvgIpc) is 2.47. The summed E-state index contributed by atoms with van der Waals surface area (Å²) in [6, 6.07) is 5.11. The van der Waals surface area contributed by atoms with E-state index in [1.807, 2.05) is 6.92 Å². The molecule has 6 heteroatoms. The molecule has 21 heavy (non-hydrogen) atoms. The third kappa shape index (κ3) is 4.90. The second-order valence-corrected chi connectivity index (χ2v) is 4.82. The molecule has 0 saturated heterocycles. The van der Waals surface area contributed by atoms with Crippen molar-refractivity contribution in [2.75, 3.05) is 13.7 Å². The molecule has 0 aliphatic rings. The number of esters is 1. The molecule has 0 aliphatic heterocycles. The molecule has 0 spiro atoms. The second kappa shape index (κ2) is 8.46. The van der Waals surface area contributed by atoms with Crippen molar-refractivity contribution in [3.8, 4) is 11.5 Å². The van der Waals surface area contributed by atoms with Gasteiger partial charge in [0.05, 0.1) is 13.7 Å². The van der Waals surface area contributed by atoms with Crippen LogP contribution in [0.1, 0.15) is 32.3 Å². The van der Waals surface area contributed by atoms with Crippen LogP contribution in [-0.4, -0.2) is 30.8 Å². The largest absolute Gasteiger partial charge is 0.493 e. The Morgan fingerprint density at radius 2 is 2.05 bits per heavy atom. The van der Waals surface area contributed by atoms with E-state index in [9.17, 15) is 4.79 Å². The molecule has 0 aromatic heterocycles. The molecule has 0 bridgehead atoms. The molecule has 0 aliphatic carbocycles. The van der Waals surface area contributed by atoms with E-state index in [-0.39, 0.29) is 11.0 Å². The number of nitrogens with two attached hydrogens (primary N) is 1. The quantitative estimate of drug-likeness (QED) is 0.587. The first-order chi connectivity index (χ1) is 10.0. The van der Waals surface area contributed by atoms with Gasteiger partial charge in [0, 0.05) is 5.56 Å². The zero-order valence-electron chi connectivity index (χ0n) is 12.5. The third-order valence-corrected chi connectivity index (χ3v) is 3.05. The summed E-state index contributed by atoms with van der Waals surface area (Å²) in [6.45, 7) is 4.06. The van der Waals surface area contributed by atoms with Crippen LogP contribution in [0.2, 0.25) is 0 Å². The minimum atomic E-state index is -0.653. The van der Waals surface area contributed by atoms with Crippen LogP contribution >= 0.6 is 12.2 Å². The van der Waals surface area contributed by atoms with Gasteiger partial charge in [-0.3, -0.25) is 0 Å². The minimum absolute atomic E-state index is 0.273. The first-order valence-electron chi connectivity index (χ1n) is 6.84. The van der Waals surface area contributed by atoms with E-state index in [0.717, 1.165) is 6.42 Å². The minimum Gasteiger partial charge on any atom is -0.493 e. The molecule has 1 aromatic rings. The SMILES string of the molecule is CCCC(Oc1ccc(C(N)=S)cc1OC)C(=O)OCC. The van der Waals surface area contributed by atoms with Gasteiger partial charge < -0.3 is 19.9 Å². The number of hydrogen-bond acceptors (Lipinski definition) is 5. The summed E-state index contributed by atoms with van der Waals surface area (Å²) in [4.78, 5) is 12.2. The Morgan fingerprint density at radius 1 is 1.33 bits per heavy atom. The number of carbonyl (C=O) groups excluding carboxylic acids is 1. The molecule has 0 heterocycles. The summed E-state index contributed by atoms with van der Waals surface area (Å²) in [7, 11) is 1.52. The van der Waals surface area contributed by atoms with E-state index in [0.29, 0.717) is 30.1 Å². The highest BCUT2D eigenvalue weighted by atomic mass is 32.1. The summed E-state index contributed by atoms with van der Waals surface area (Å²) in [5, 5.41) is 0. The first-order valence-corrected chi connectivity index (χ1v) is 7.25. The number of thiocarbonyl (C=S) groups is 1. The van der Waals surface area contributed by atoms with E-state index in [1.165, 1.54) is 7.11 Å². The molecular weight excluding hydrogens is 290 g/mol. The van der Waals surface area contributed by atoms with Gasteiger partial charge in [0.2, 0.25) is 0 Å². The zero-order valence-corrected chi connectivity index (χ0v) is 13.4. The van der Waals surface area contributed by atoms with Gasteiger partial charge in [-0.2, -0.15) is 0 Å². The lowest BCUT2D eigenvalue weighted by atomic mass is 10.2. The maximum absolute atomic E-state index is 11.9. The molecule has 1 unspecified atom stereocenters. The zero-order chi connectivity index (χ0) is 15.8. The number of ether oxygens (including phenoxy) is 3. The fourth-order valence-electron chi connectivity index (χ4n) is 1.79. The second-order valence-electron chi connectivity index (χ2n) is 4.38. The summed E-state index contributed by atoms with van der Waals surface area (Å²) in [5.41, 5.74) is 6.26. The first kappa shape index (κ1) is 17.2. The van der Waals surface area contributed by atoms with Crippen molar-refractivity contribution in [3.63, 3.8) is 0 Å². The maximum atomic E-state index is 11.9. The summed E-state index contributed by atoms with van der Waals surface area (Å²) in [5.74, 6) is 0.564. The van der Waals surface area contributed by atoms with E-state index in [2.05, 4.69) is 0 Å². The van der Waals surface area contributed by atoms with Crippen LogP contribution in [0.4, 0.5) is 0 Å². The standard InChI is InChI=1S/C15H21NO4S/c1-4-6-12(15(17)19-5-2)20-11-8-7-10(14(16)21)9-13(11)18-3/h7-9,12H,4-6H2,1-3H3,(H2,16,21). The molecule has 0 amide bonds.